The van der Waals surface area contributed by atoms with Gasteiger partial charge in [0.1, 0.15) is 5.82 Å². The topological polar surface area (TPSA) is 17.8 Å². The van der Waals surface area contributed by atoms with E-state index in [0.29, 0.717) is 0 Å². The number of nitrogens with zero attached hydrogens (tertiary/aromatic N) is 2. The van der Waals surface area contributed by atoms with Gasteiger partial charge in [-0.1, -0.05) is 18.2 Å². The van der Waals surface area contributed by atoms with Crippen molar-refractivity contribution >= 4 is 6.08 Å². The Morgan fingerprint density at radius 2 is 2.25 bits per heavy atom. The molecule has 0 saturated carbocycles. The molecule has 2 nitrogen and oxygen atoms in total. The quantitative estimate of drug-likeness (QED) is 0.566. The number of imidazole rings is 1. The number of rotatable bonds is 0. The Hall–Kier alpha value is -1.31. The fourth-order valence-electron chi connectivity index (χ4n) is 1.46. The van der Waals surface area contributed by atoms with Gasteiger partial charge < -0.3 is 4.57 Å². The molecular weight excluding hydrogens is 148 g/mol. The van der Waals surface area contributed by atoms with Crippen molar-refractivity contribution in [1.82, 2.24) is 9.55 Å². The standard InChI is InChI=1S/C10H12N2/c1-8-11-9-6-4-3-5-7-10(9)12(8)2/h3-5,7H,6H2,1-2H3. The molecule has 1 aromatic heterocycles. The van der Waals surface area contributed by atoms with Gasteiger partial charge in [-0.2, -0.15) is 0 Å². The van der Waals surface area contributed by atoms with Gasteiger partial charge in [-0.25, -0.2) is 4.98 Å². The van der Waals surface area contributed by atoms with Gasteiger partial charge in [0.05, 0.1) is 11.4 Å². The predicted molar refractivity (Wildman–Crippen MR) is 49.8 cm³/mol. The van der Waals surface area contributed by atoms with Crippen LogP contribution >= 0.6 is 0 Å². The van der Waals surface area contributed by atoms with Gasteiger partial charge in [0.15, 0.2) is 0 Å². The molecule has 0 fully saturated rings. The molecule has 0 unspecified atom stereocenters. The summed E-state index contributed by atoms with van der Waals surface area (Å²) in [6.07, 6.45) is 9.32. The molecule has 0 atom stereocenters. The average Bonchev–Trinajstić information content (AvgIpc) is 2.30. The summed E-state index contributed by atoms with van der Waals surface area (Å²) in [6, 6.07) is 0. The number of hydrogen-bond acceptors (Lipinski definition) is 1. The second-order valence-corrected chi connectivity index (χ2v) is 3.04. The summed E-state index contributed by atoms with van der Waals surface area (Å²) >= 11 is 0. The molecule has 0 amide bonds. The Labute approximate surface area is 72.2 Å². The third kappa shape index (κ3) is 0.998. The van der Waals surface area contributed by atoms with E-state index >= 15 is 0 Å². The highest BCUT2D eigenvalue weighted by Crippen LogP contribution is 2.15. The third-order valence-corrected chi connectivity index (χ3v) is 2.25. The van der Waals surface area contributed by atoms with Gasteiger partial charge in [-0.3, -0.25) is 0 Å². The van der Waals surface area contributed by atoms with Crippen LogP contribution in [0.25, 0.3) is 6.08 Å². The fraction of sp³-hybridized carbons (Fsp3) is 0.300. The van der Waals surface area contributed by atoms with E-state index in [9.17, 15) is 0 Å². The van der Waals surface area contributed by atoms with E-state index < -0.39 is 0 Å². The molecule has 0 N–H and O–H groups in total. The molecule has 0 radical (unpaired) electrons. The first-order chi connectivity index (χ1) is 5.79. The Morgan fingerprint density at radius 1 is 1.42 bits per heavy atom. The lowest BCUT2D eigenvalue weighted by Gasteiger charge is -1.97. The zero-order valence-corrected chi connectivity index (χ0v) is 7.41. The minimum absolute atomic E-state index is 0.948. The van der Waals surface area contributed by atoms with Crippen LogP contribution in [0.1, 0.15) is 17.2 Å². The largest absolute Gasteiger partial charge is 0.332 e. The molecule has 0 aliphatic heterocycles. The number of hydrogen-bond donors (Lipinski definition) is 0. The normalized spacial score (nSPS) is 14.5. The molecule has 1 aromatic rings. The van der Waals surface area contributed by atoms with Crippen molar-refractivity contribution in [2.45, 2.75) is 13.3 Å². The molecule has 0 spiro atoms. The Bertz CT molecular complexity index is 356. The van der Waals surface area contributed by atoms with Crippen LogP contribution < -0.4 is 0 Å². The smallest absolute Gasteiger partial charge is 0.106 e. The summed E-state index contributed by atoms with van der Waals surface area (Å²) in [7, 11) is 2.05. The van der Waals surface area contributed by atoms with Crippen LogP contribution in [0.4, 0.5) is 0 Å². The monoisotopic (exact) mass is 160 g/mol. The van der Waals surface area contributed by atoms with Crippen molar-refractivity contribution < 1.29 is 0 Å². The molecule has 1 aliphatic carbocycles. The van der Waals surface area contributed by atoms with E-state index in [-0.39, 0.29) is 0 Å². The highest BCUT2D eigenvalue weighted by atomic mass is 15.1. The van der Waals surface area contributed by atoms with Crippen molar-refractivity contribution in [2.24, 2.45) is 7.05 Å². The minimum atomic E-state index is 0.948. The van der Waals surface area contributed by atoms with Gasteiger partial charge >= 0.3 is 0 Å². The molecular formula is C10H12N2. The number of allylic oxidation sites excluding steroid dienone is 3. The Morgan fingerprint density at radius 3 is 3.08 bits per heavy atom. The molecule has 62 valence electrons. The molecule has 2 rings (SSSR count). The molecule has 1 heterocycles. The predicted octanol–water partition coefficient (Wildman–Crippen LogP) is 1.85. The van der Waals surface area contributed by atoms with Gasteiger partial charge in [-0.15, -0.1) is 0 Å². The second-order valence-electron chi connectivity index (χ2n) is 3.04. The maximum atomic E-state index is 4.47. The molecule has 12 heavy (non-hydrogen) atoms. The lowest BCUT2D eigenvalue weighted by Crippen LogP contribution is -1.93. The highest BCUT2D eigenvalue weighted by Gasteiger charge is 2.08. The van der Waals surface area contributed by atoms with Crippen LogP contribution in [0, 0.1) is 6.92 Å². The first kappa shape index (κ1) is 7.35. The minimum Gasteiger partial charge on any atom is -0.332 e. The summed E-state index contributed by atoms with van der Waals surface area (Å²) < 4.78 is 2.12. The molecule has 0 saturated heterocycles. The van der Waals surface area contributed by atoms with E-state index in [4.69, 9.17) is 0 Å². The summed E-state index contributed by atoms with van der Waals surface area (Å²) in [5, 5.41) is 0. The van der Waals surface area contributed by atoms with Crippen LogP contribution in [0.3, 0.4) is 0 Å². The van der Waals surface area contributed by atoms with Gasteiger partial charge in [-0.05, 0) is 13.0 Å². The maximum absolute atomic E-state index is 4.47. The van der Waals surface area contributed by atoms with Crippen molar-refractivity contribution in [3.05, 3.63) is 35.4 Å². The number of fused-ring (bicyclic) bond motifs is 1. The van der Waals surface area contributed by atoms with Crippen LogP contribution in [0.15, 0.2) is 18.2 Å². The number of aryl methyl sites for hydroxylation is 1. The Balaban J connectivity index is 2.59. The zero-order valence-electron chi connectivity index (χ0n) is 7.41. The SMILES string of the molecule is Cc1nc2c(n1C)C=CC=CC2. The Kier molecular flexibility index (Phi) is 1.61. The third-order valence-electron chi connectivity index (χ3n) is 2.25. The lowest BCUT2D eigenvalue weighted by atomic mass is 10.2. The summed E-state index contributed by atoms with van der Waals surface area (Å²) in [5.74, 6) is 1.08. The van der Waals surface area contributed by atoms with E-state index in [1.165, 1.54) is 11.4 Å². The summed E-state index contributed by atoms with van der Waals surface area (Å²) in [5.41, 5.74) is 2.41. The van der Waals surface area contributed by atoms with Crippen molar-refractivity contribution in [1.29, 1.82) is 0 Å². The second kappa shape index (κ2) is 2.63. The molecule has 0 aromatic carbocycles. The molecule has 2 heteroatoms. The average molecular weight is 160 g/mol. The van der Waals surface area contributed by atoms with Crippen LogP contribution in [-0.2, 0) is 13.5 Å². The van der Waals surface area contributed by atoms with E-state index in [0.717, 1.165) is 12.2 Å². The zero-order chi connectivity index (χ0) is 8.55. The highest BCUT2D eigenvalue weighted by molar-refractivity contribution is 5.53. The van der Waals surface area contributed by atoms with Crippen LogP contribution in [0.2, 0.25) is 0 Å². The van der Waals surface area contributed by atoms with Gasteiger partial charge in [0, 0.05) is 13.5 Å². The van der Waals surface area contributed by atoms with Crippen LogP contribution in [-0.4, -0.2) is 9.55 Å². The first-order valence-corrected chi connectivity index (χ1v) is 4.14. The van der Waals surface area contributed by atoms with E-state index in [2.05, 4.69) is 40.9 Å². The summed E-state index contributed by atoms with van der Waals surface area (Å²) in [6.45, 7) is 2.03. The van der Waals surface area contributed by atoms with Crippen LogP contribution in [0.5, 0.6) is 0 Å². The molecule has 1 aliphatic rings. The van der Waals surface area contributed by atoms with E-state index in [1.54, 1.807) is 0 Å². The fourth-order valence-corrected chi connectivity index (χ4v) is 1.46. The maximum Gasteiger partial charge on any atom is 0.106 e. The van der Waals surface area contributed by atoms with Gasteiger partial charge in [0.2, 0.25) is 0 Å². The van der Waals surface area contributed by atoms with Crippen molar-refractivity contribution in [2.75, 3.05) is 0 Å². The lowest BCUT2D eigenvalue weighted by molar-refractivity contribution is 0.849. The molecule has 0 bridgehead atoms. The first-order valence-electron chi connectivity index (χ1n) is 4.14. The van der Waals surface area contributed by atoms with Gasteiger partial charge in [0.25, 0.3) is 0 Å². The summed E-state index contributed by atoms with van der Waals surface area (Å²) in [4.78, 5) is 4.47. The van der Waals surface area contributed by atoms with Crippen molar-refractivity contribution in [3.8, 4) is 0 Å². The van der Waals surface area contributed by atoms with E-state index in [1.807, 2.05) is 6.92 Å². The number of aromatic nitrogens is 2. The van der Waals surface area contributed by atoms with Crippen molar-refractivity contribution in [3.63, 3.8) is 0 Å².